The third kappa shape index (κ3) is 3.31. The number of amides is 2. The molecule has 0 bridgehead atoms. The first-order valence-electron chi connectivity index (χ1n) is 3.55. The summed E-state index contributed by atoms with van der Waals surface area (Å²) in [5.41, 5.74) is 7.17. The number of nitrogens with two attached hydrogens (primary N) is 2. The fourth-order valence-electron chi connectivity index (χ4n) is 0.535. The lowest BCUT2D eigenvalue weighted by molar-refractivity contribution is -0.129. The van der Waals surface area contributed by atoms with E-state index in [9.17, 15) is 9.59 Å². The summed E-state index contributed by atoms with van der Waals surface area (Å²) in [6.45, 7) is 3.05. The first-order chi connectivity index (χ1) is 5.49. The predicted molar refractivity (Wildman–Crippen MR) is 43.6 cm³/mol. The van der Waals surface area contributed by atoms with Crippen LogP contribution in [0, 0.1) is 0 Å². The molecule has 0 aliphatic rings. The average molecular weight is 174 g/mol. The first kappa shape index (κ1) is 10.9. The molecule has 0 aliphatic heterocycles. The highest BCUT2D eigenvalue weighted by atomic mass is 16.2. The molecule has 2 amide bonds. The molecule has 70 valence electrons. The maximum atomic E-state index is 10.9. The number of hydrogen-bond donors (Lipinski definition) is 4. The molecule has 0 aliphatic carbocycles. The summed E-state index contributed by atoms with van der Waals surface area (Å²) >= 11 is 0. The standard InChI is InChI=1S/C6H14N4O2/c1-3(7)5(11)9-4(2)6(12)10-8/h3-4H,7-8H2,1-2H3,(H,9,11)(H,10,12)/t3-,4-/m0/s1. The monoisotopic (exact) mass is 174 g/mol. The molecule has 0 saturated carbocycles. The molecule has 0 radical (unpaired) electrons. The molecular formula is C6H14N4O2. The summed E-state index contributed by atoms with van der Waals surface area (Å²) in [6, 6.07) is -1.29. The number of rotatable bonds is 3. The van der Waals surface area contributed by atoms with E-state index < -0.39 is 18.0 Å². The van der Waals surface area contributed by atoms with Gasteiger partial charge >= 0.3 is 0 Å². The minimum absolute atomic E-state index is 0.383. The maximum absolute atomic E-state index is 10.9. The summed E-state index contributed by atoms with van der Waals surface area (Å²) < 4.78 is 0. The minimum Gasteiger partial charge on any atom is -0.343 e. The van der Waals surface area contributed by atoms with E-state index in [2.05, 4.69) is 5.32 Å². The third-order valence-electron chi connectivity index (χ3n) is 1.31. The lowest BCUT2D eigenvalue weighted by Gasteiger charge is -2.13. The Bertz CT molecular complexity index is 180. The van der Waals surface area contributed by atoms with Crippen LogP contribution in [0.1, 0.15) is 13.8 Å². The van der Waals surface area contributed by atoms with Crippen LogP contribution in [0.15, 0.2) is 0 Å². The van der Waals surface area contributed by atoms with Gasteiger partial charge in [-0.2, -0.15) is 0 Å². The van der Waals surface area contributed by atoms with Gasteiger partial charge < -0.3 is 11.1 Å². The zero-order valence-electron chi connectivity index (χ0n) is 7.13. The summed E-state index contributed by atoms with van der Waals surface area (Å²) in [7, 11) is 0. The fraction of sp³-hybridized carbons (Fsp3) is 0.667. The normalized spacial score (nSPS) is 14.7. The number of nitrogens with one attached hydrogen (secondary N) is 2. The Balaban J connectivity index is 3.92. The molecule has 0 rings (SSSR count). The van der Waals surface area contributed by atoms with Crippen LogP contribution in [0.25, 0.3) is 0 Å². The van der Waals surface area contributed by atoms with Gasteiger partial charge in [-0.15, -0.1) is 0 Å². The fourth-order valence-corrected chi connectivity index (χ4v) is 0.535. The number of carbonyl (C=O) groups excluding carboxylic acids is 2. The van der Waals surface area contributed by atoms with Gasteiger partial charge in [-0.1, -0.05) is 0 Å². The van der Waals surface area contributed by atoms with Crippen LogP contribution < -0.4 is 22.3 Å². The largest absolute Gasteiger partial charge is 0.343 e. The molecule has 2 atom stereocenters. The molecule has 6 nitrogen and oxygen atoms in total. The minimum atomic E-state index is -0.659. The van der Waals surface area contributed by atoms with E-state index in [0.29, 0.717) is 0 Å². The summed E-state index contributed by atoms with van der Waals surface area (Å²) in [4.78, 5) is 21.7. The Labute approximate surface area is 70.6 Å². The smallest absolute Gasteiger partial charge is 0.256 e. The molecule has 6 N–H and O–H groups in total. The Morgan fingerprint density at radius 3 is 2.08 bits per heavy atom. The number of carbonyl (C=O) groups is 2. The summed E-state index contributed by atoms with van der Waals surface area (Å²) in [6.07, 6.45) is 0. The van der Waals surface area contributed by atoms with Crippen molar-refractivity contribution < 1.29 is 9.59 Å². The molecule has 0 aromatic carbocycles. The van der Waals surface area contributed by atoms with Crippen molar-refractivity contribution >= 4 is 11.8 Å². The van der Waals surface area contributed by atoms with Crippen molar-refractivity contribution in [3.8, 4) is 0 Å². The van der Waals surface area contributed by atoms with E-state index in [4.69, 9.17) is 11.6 Å². The van der Waals surface area contributed by atoms with Crippen LogP contribution in [0.4, 0.5) is 0 Å². The lowest BCUT2D eigenvalue weighted by Crippen LogP contribution is -2.50. The van der Waals surface area contributed by atoms with Crippen LogP contribution in [0.3, 0.4) is 0 Å². The molecular weight excluding hydrogens is 160 g/mol. The topological polar surface area (TPSA) is 110 Å². The highest BCUT2D eigenvalue weighted by molar-refractivity contribution is 5.88. The van der Waals surface area contributed by atoms with Gasteiger partial charge in [-0.3, -0.25) is 15.0 Å². The van der Waals surface area contributed by atoms with Crippen LogP contribution in [0.2, 0.25) is 0 Å². The molecule has 0 saturated heterocycles. The first-order valence-corrected chi connectivity index (χ1v) is 3.55. The molecule has 12 heavy (non-hydrogen) atoms. The highest BCUT2D eigenvalue weighted by Crippen LogP contribution is 1.82. The van der Waals surface area contributed by atoms with Gasteiger partial charge in [0.15, 0.2) is 0 Å². The Hall–Kier alpha value is -1.14. The van der Waals surface area contributed by atoms with Crippen LogP contribution in [-0.4, -0.2) is 23.9 Å². The molecule has 6 heteroatoms. The molecule has 0 spiro atoms. The van der Waals surface area contributed by atoms with Gasteiger partial charge in [0.1, 0.15) is 6.04 Å². The molecule has 0 heterocycles. The van der Waals surface area contributed by atoms with Gasteiger partial charge in [0.2, 0.25) is 5.91 Å². The Morgan fingerprint density at radius 2 is 1.75 bits per heavy atom. The number of hydrazine groups is 1. The predicted octanol–water partition coefficient (Wildman–Crippen LogP) is -2.17. The molecule has 0 aromatic rings. The van der Waals surface area contributed by atoms with Crippen molar-refractivity contribution in [2.75, 3.05) is 0 Å². The van der Waals surface area contributed by atoms with Gasteiger partial charge in [-0.05, 0) is 13.8 Å². The maximum Gasteiger partial charge on any atom is 0.256 e. The van der Waals surface area contributed by atoms with Gasteiger partial charge in [0, 0.05) is 0 Å². The van der Waals surface area contributed by atoms with E-state index in [0.717, 1.165) is 0 Å². The summed E-state index contributed by atoms with van der Waals surface area (Å²) in [5, 5.41) is 2.37. The van der Waals surface area contributed by atoms with Gasteiger partial charge in [0.05, 0.1) is 6.04 Å². The Kier molecular flexibility index (Phi) is 4.24. The van der Waals surface area contributed by atoms with Crippen molar-refractivity contribution in [3.05, 3.63) is 0 Å². The van der Waals surface area contributed by atoms with E-state index in [1.165, 1.54) is 13.8 Å². The molecule has 0 fully saturated rings. The Morgan fingerprint density at radius 1 is 1.25 bits per heavy atom. The average Bonchev–Trinajstić information content (AvgIpc) is 2.02. The SMILES string of the molecule is C[C@H](N)C(=O)N[C@@H](C)C(=O)NN. The lowest BCUT2D eigenvalue weighted by atomic mass is 10.2. The van der Waals surface area contributed by atoms with Crippen LogP contribution in [-0.2, 0) is 9.59 Å². The molecule has 0 aromatic heterocycles. The van der Waals surface area contributed by atoms with E-state index >= 15 is 0 Å². The van der Waals surface area contributed by atoms with Gasteiger partial charge in [-0.25, -0.2) is 5.84 Å². The zero-order chi connectivity index (χ0) is 9.72. The second-order valence-corrected chi connectivity index (χ2v) is 2.53. The second kappa shape index (κ2) is 4.68. The van der Waals surface area contributed by atoms with Gasteiger partial charge in [0.25, 0.3) is 5.91 Å². The van der Waals surface area contributed by atoms with E-state index in [1.54, 1.807) is 0 Å². The van der Waals surface area contributed by atoms with Crippen LogP contribution in [0.5, 0.6) is 0 Å². The van der Waals surface area contributed by atoms with Crippen molar-refractivity contribution in [3.63, 3.8) is 0 Å². The molecule has 0 unspecified atom stereocenters. The second-order valence-electron chi connectivity index (χ2n) is 2.53. The number of hydrogen-bond acceptors (Lipinski definition) is 4. The van der Waals surface area contributed by atoms with Crippen LogP contribution >= 0.6 is 0 Å². The quantitative estimate of drug-likeness (QED) is 0.221. The van der Waals surface area contributed by atoms with E-state index in [1.807, 2.05) is 5.43 Å². The van der Waals surface area contributed by atoms with E-state index in [-0.39, 0.29) is 5.91 Å². The van der Waals surface area contributed by atoms with Crippen molar-refractivity contribution in [1.82, 2.24) is 10.7 Å². The van der Waals surface area contributed by atoms with Crippen molar-refractivity contribution in [2.45, 2.75) is 25.9 Å². The summed E-state index contributed by atoms with van der Waals surface area (Å²) in [5.74, 6) is 4.00. The highest BCUT2D eigenvalue weighted by Gasteiger charge is 2.15. The third-order valence-corrected chi connectivity index (χ3v) is 1.31. The zero-order valence-corrected chi connectivity index (χ0v) is 7.13. The van der Waals surface area contributed by atoms with Crippen molar-refractivity contribution in [1.29, 1.82) is 0 Å². The van der Waals surface area contributed by atoms with Crippen molar-refractivity contribution in [2.24, 2.45) is 11.6 Å².